The predicted molar refractivity (Wildman–Crippen MR) is 125 cm³/mol. The number of para-hydroxylation sites is 1. The lowest BCUT2D eigenvalue weighted by Gasteiger charge is -2.42. The van der Waals surface area contributed by atoms with Crippen molar-refractivity contribution in [1.29, 1.82) is 0 Å². The van der Waals surface area contributed by atoms with E-state index in [-0.39, 0.29) is 17.2 Å². The first-order valence-corrected chi connectivity index (χ1v) is 11.9. The van der Waals surface area contributed by atoms with Crippen molar-refractivity contribution in [3.8, 4) is 5.75 Å². The Hall–Kier alpha value is -2.12. The Morgan fingerprint density at radius 3 is 2.56 bits per heavy atom. The topological polar surface area (TPSA) is 62.3 Å². The molecule has 32 heavy (non-hydrogen) atoms. The van der Waals surface area contributed by atoms with Crippen molar-refractivity contribution >= 4 is 11.8 Å². The fourth-order valence-corrected chi connectivity index (χ4v) is 4.49. The molecule has 1 aromatic carbocycles. The van der Waals surface area contributed by atoms with E-state index in [0.29, 0.717) is 44.1 Å². The third kappa shape index (κ3) is 6.69. The molecule has 2 amide bonds. The van der Waals surface area contributed by atoms with Crippen molar-refractivity contribution in [3.05, 3.63) is 29.8 Å². The lowest BCUT2D eigenvalue weighted by Crippen LogP contribution is -2.46. The summed E-state index contributed by atoms with van der Waals surface area (Å²) in [7, 11) is 5.79. The maximum atomic E-state index is 12.9. The number of carbonyl (C=O) groups is 2. The number of likely N-dealkylation sites (tertiary alicyclic amines) is 1. The Bertz CT molecular complexity index is 759. The number of piperidine rings is 1. The summed E-state index contributed by atoms with van der Waals surface area (Å²) in [6.07, 6.45) is 5.55. The summed E-state index contributed by atoms with van der Waals surface area (Å²) in [6.45, 7) is 4.72. The van der Waals surface area contributed by atoms with Crippen LogP contribution in [0, 0.1) is 5.41 Å². The molecule has 2 aliphatic rings. The zero-order valence-electron chi connectivity index (χ0n) is 20.0. The van der Waals surface area contributed by atoms with E-state index in [0.717, 1.165) is 51.7 Å². The Kier molecular flexibility index (Phi) is 8.93. The summed E-state index contributed by atoms with van der Waals surface area (Å²) in [6, 6.07) is 7.51. The summed E-state index contributed by atoms with van der Waals surface area (Å²) in [5.41, 5.74) is 0.614. The van der Waals surface area contributed by atoms with Gasteiger partial charge in [0.1, 0.15) is 5.75 Å². The van der Waals surface area contributed by atoms with Gasteiger partial charge in [0.25, 0.3) is 5.91 Å². The van der Waals surface area contributed by atoms with Crippen molar-refractivity contribution < 1.29 is 19.1 Å². The molecular formula is C25H39N3O4. The van der Waals surface area contributed by atoms with Crippen LogP contribution in [0.1, 0.15) is 48.9 Å². The number of fused-ring (bicyclic) bond motifs is 1. The van der Waals surface area contributed by atoms with Crippen LogP contribution >= 0.6 is 0 Å². The second kappa shape index (κ2) is 11.7. The molecule has 2 heterocycles. The van der Waals surface area contributed by atoms with Crippen LogP contribution in [0.25, 0.3) is 0 Å². The fraction of sp³-hybridized carbons (Fsp3) is 0.680. The highest BCUT2D eigenvalue weighted by atomic mass is 16.5. The second-order valence-corrected chi connectivity index (χ2v) is 9.52. The van der Waals surface area contributed by atoms with E-state index < -0.39 is 0 Å². The number of hydrogen-bond donors (Lipinski definition) is 0. The number of amides is 2. The highest BCUT2D eigenvalue weighted by Gasteiger charge is 2.36. The third-order valence-corrected chi connectivity index (χ3v) is 6.76. The second-order valence-electron chi connectivity index (χ2n) is 9.52. The molecule has 0 bridgehead atoms. The van der Waals surface area contributed by atoms with E-state index in [2.05, 4.69) is 0 Å². The average Bonchev–Trinajstić information content (AvgIpc) is 2.80. The number of benzene rings is 1. The van der Waals surface area contributed by atoms with Crippen molar-refractivity contribution in [3.63, 3.8) is 0 Å². The van der Waals surface area contributed by atoms with Crippen molar-refractivity contribution in [2.45, 2.75) is 38.5 Å². The van der Waals surface area contributed by atoms with Crippen molar-refractivity contribution in [1.82, 2.24) is 14.7 Å². The molecule has 3 rings (SSSR count). The lowest BCUT2D eigenvalue weighted by atomic mass is 9.75. The predicted octanol–water partition coefficient (Wildman–Crippen LogP) is 2.90. The highest BCUT2D eigenvalue weighted by molar-refractivity contribution is 5.96. The third-order valence-electron chi connectivity index (χ3n) is 6.76. The van der Waals surface area contributed by atoms with Gasteiger partial charge in [0, 0.05) is 51.7 Å². The van der Waals surface area contributed by atoms with Crippen LogP contribution in [0.3, 0.4) is 0 Å². The monoisotopic (exact) mass is 445 g/mol. The maximum absolute atomic E-state index is 12.9. The van der Waals surface area contributed by atoms with E-state index in [1.807, 2.05) is 48.2 Å². The molecule has 2 aliphatic heterocycles. The summed E-state index contributed by atoms with van der Waals surface area (Å²) in [4.78, 5) is 31.3. The van der Waals surface area contributed by atoms with Gasteiger partial charge in [-0.2, -0.15) is 0 Å². The number of rotatable bonds is 3. The van der Waals surface area contributed by atoms with E-state index in [9.17, 15) is 9.59 Å². The van der Waals surface area contributed by atoms with E-state index >= 15 is 0 Å². The summed E-state index contributed by atoms with van der Waals surface area (Å²) >= 11 is 0. The summed E-state index contributed by atoms with van der Waals surface area (Å²) in [5, 5.41) is 0. The van der Waals surface area contributed by atoms with E-state index in [1.165, 1.54) is 0 Å². The van der Waals surface area contributed by atoms with Crippen LogP contribution in [-0.4, -0.2) is 93.7 Å². The Morgan fingerprint density at radius 1 is 1.06 bits per heavy atom. The molecule has 7 heteroatoms. The molecule has 0 aromatic heterocycles. The average molecular weight is 446 g/mol. The molecule has 0 aliphatic carbocycles. The minimum atomic E-state index is -0.0448. The van der Waals surface area contributed by atoms with Crippen molar-refractivity contribution in [2.24, 2.45) is 5.41 Å². The van der Waals surface area contributed by atoms with E-state index in [4.69, 9.17) is 9.47 Å². The first kappa shape index (κ1) is 24.5. The lowest BCUT2D eigenvalue weighted by molar-refractivity contribution is -0.134. The van der Waals surface area contributed by atoms with Gasteiger partial charge >= 0.3 is 0 Å². The molecule has 7 nitrogen and oxygen atoms in total. The maximum Gasteiger partial charge on any atom is 0.257 e. The SMILES string of the molecule is CN(C)CCC(=O)N1CCC2(CCCCOCCN(C)C(=O)c3ccccc3OC2)CC1. The molecule has 1 aromatic rings. The van der Waals surface area contributed by atoms with Gasteiger partial charge < -0.3 is 24.2 Å². The minimum Gasteiger partial charge on any atom is -0.492 e. The van der Waals surface area contributed by atoms with Gasteiger partial charge in [-0.05, 0) is 51.9 Å². The Balaban J connectivity index is 1.70. The van der Waals surface area contributed by atoms with Gasteiger partial charge in [0.05, 0.1) is 18.8 Å². The van der Waals surface area contributed by atoms with Crippen LogP contribution < -0.4 is 4.74 Å². The molecule has 0 N–H and O–H groups in total. The van der Waals surface area contributed by atoms with Crippen LogP contribution in [0.15, 0.2) is 24.3 Å². The Labute approximate surface area is 192 Å². The zero-order chi connectivity index (χ0) is 23.0. The van der Waals surface area contributed by atoms with Gasteiger partial charge in [0.2, 0.25) is 5.91 Å². The van der Waals surface area contributed by atoms with Crippen LogP contribution in [0.5, 0.6) is 5.75 Å². The summed E-state index contributed by atoms with van der Waals surface area (Å²) < 4.78 is 12.1. The number of hydrogen-bond acceptors (Lipinski definition) is 5. The van der Waals surface area contributed by atoms with Gasteiger partial charge in [-0.1, -0.05) is 18.6 Å². The molecule has 1 spiro atoms. The van der Waals surface area contributed by atoms with Crippen molar-refractivity contribution in [2.75, 3.05) is 67.1 Å². The zero-order valence-corrected chi connectivity index (χ0v) is 20.0. The fourth-order valence-electron chi connectivity index (χ4n) is 4.49. The van der Waals surface area contributed by atoms with Gasteiger partial charge in [-0.15, -0.1) is 0 Å². The largest absolute Gasteiger partial charge is 0.492 e. The van der Waals surface area contributed by atoms with Crippen LogP contribution in [0.4, 0.5) is 0 Å². The summed E-state index contributed by atoms with van der Waals surface area (Å²) in [5.74, 6) is 0.838. The first-order chi connectivity index (χ1) is 15.4. The number of carbonyl (C=O) groups excluding carboxylic acids is 2. The molecule has 178 valence electrons. The van der Waals surface area contributed by atoms with E-state index in [1.54, 1.807) is 11.9 Å². The molecule has 0 radical (unpaired) electrons. The van der Waals surface area contributed by atoms with Crippen LogP contribution in [-0.2, 0) is 9.53 Å². The first-order valence-electron chi connectivity index (χ1n) is 11.9. The highest BCUT2D eigenvalue weighted by Crippen LogP contribution is 2.38. The quantitative estimate of drug-likeness (QED) is 0.716. The molecule has 1 saturated heterocycles. The number of likely N-dealkylation sites (N-methyl/N-ethyl adjacent to an activating group) is 1. The number of ether oxygens (including phenoxy) is 2. The smallest absolute Gasteiger partial charge is 0.257 e. The van der Waals surface area contributed by atoms with Gasteiger partial charge in [-0.25, -0.2) is 0 Å². The minimum absolute atomic E-state index is 0.0184. The number of nitrogens with zero attached hydrogens (tertiary/aromatic N) is 3. The Morgan fingerprint density at radius 2 is 1.81 bits per heavy atom. The van der Waals surface area contributed by atoms with Crippen LogP contribution in [0.2, 0.25) is 0 Å². The molecule has 0 unspecified atom stereocenters. The standard InChI is InChI=1S/C25H39N3O4/c1-26(2)14-10-23(29)28-15-12-25(13-16-28)11-6-7-18-31-19-17-27(3)24(30)21-8-4-5-9-22(21)32-20-25/h4-5,8-9H,6-7,10-20H2,1-3H3. The van der Waals surface area contributed by atoms with Gasteiger partial charge in [0.15, 0.2) is 0 Å². The molecular weight excluding hydrogens is 406 g/mol. The normalized spacial score (nSPS) is 20.6. The molecule has 0 atom stereocenters. The molecule has 1 fully saturated rings. The van der Waals surface area contributed by atoms with Gasteiger partial charge in [-0.3, -0.25) is 9.59 Å². The molecule has 0 saturated carbocycles.